The summed E-state index contributed by atoms with van der Waals surface area (Å²) in [5, 5.41) is 6.18. The van der Waals surface area contributed by atoms with Crippen LogP contribution in [-0.2, 0) is 9.53 Å². The fraction of sp³-hybridized carbons (Fsp3) is 0.167. The molecule has 5 heteroatoms. The molecule has 148 valence electrons. The number of nitrogens with one attached hydrogen (secondary N) is 2. The molecular weight excluding hydrogens is 364 g/mol. The minimum atomic E-state index is -0.409. The maximum absolute atomic E-state index is 12.4. The Morgan fingerprint density at radius 1 is 0.862 bits per heavy atom. The fourth-order valence-corrected chi connectivity index (χ4v) is 3.04. The number of rotatable bonds is 7. The monoisotopic (exact) mass is 388 g/mol. The van der Waals surface area contributed by atoms with Crippen LogP contribution in [0, 0.1) is 6.92 Å². The topological polar surface area (TPSA) is 67.4 Å². The van der Waals surface area contributed by atoms with Crippen LogP contribution in [0.25, 0.3) is 0 Å². The van der Waals surface area contributed by atoms with E-state index in [1.54, 1.807) is 24.3 Å². The van der Waals surface area contributed by atoms with Crippen molar-refractivity contribution in [3.8, 4) is 0 Å². The molecule has 2 N–H and O–H groups in total. The number of carbonyl (C=O) groups excluding carboxylic acids is 2. The quantitative estimate of drug-likeness (QED) is 0.598. The Morgan fingerprint density at radius 3 is 2.10 bits per heavy atom. The summed E-state index contributed by atoms with van der Waals surface area (Å²) in [5.74, 6) is -0.572. The summed E-state index contributed by atoms with van der Waals surface area (Å²) in [4.78, 5) is 23.9. The lowest BCUT2D eigenvalue weighted by Crippen LogP contribution is -2.31. The molecule has 5 nitrogen and oxygen atoms in total. The summed E-state index contributed by atoms with van der Waals surface area (Å²) >= 11 is 0. The Hall–Kier alpha value is -3.44. The van der Waals surface area contributed by atoms with Crippen LogP contribution in [0.5, 0.6) is 0 Å². The van der Waals surface area contributed by atoms with E-state index in [1.807, 2.05) is 37.3 Å². The summed E-state index contributed by atoms with van der Waals surface area (Å²) < 4.78 is 4.68. The van der Waals surface area contributed by atoms with Crippen LogP contribution in [0.3, 0.4) is 0 Å². The fourth-order valence-electron chi connectivity index (χ4n) is 3.04. The molecule has 0 aliphatic heterocycles. The molecule has 3 aromatic rings. The van der Waals surface area contributed by atoms with E-state index >= 15 is 0 Å². The molecule has 3 aromatic carbocycles. The number of aryl methyl sites for hydroxylation is 1. The lowest BCUT2D eigenvalue weighted by molar-refractivity contribution is -0.115. The van der Waals surface area contributed by atoms with Crippen molar-refractivity contribution in [1.29, 1.82) is 0 Å². The van der Waals surface area contributed by atoms with Crippen LogP contribution in [0.2, 0.25) is 0 Å². The zero-order valence-electron chi connectivity index (χ0n) is 16.5. The van der Waals surface area contributed by atoms with Gasteiger partial charge in [-0.25, -0.2) is 4.79 Å². The van der Waals surface area contributed by atoms with Crippen LogP contribution in [0.1, 0.15) is 33.1 Å². The predicted octanol–water partition coefficient (Wildman–Crippen LogP) is 4.10. The molecule has 0 aliphatic carbocycles. The van der Waals surface area contributed by atoms with E-state index in [4.69, 9.17) is 0 Å². The molecule has 0 aliphatic rings. The highest BCUT2D eigenvalue weighted by atomic mass is 16.5. The van der Waals surface area contributed by atoms with Crippen LogP contribution in [0.4, 0.5) is 5.69 Å². The summed E-state index contributed by atoms with van der Waals surface area (Å²) in [7, 11) is 1.33. The second kappa shape index (κ2) is 9.66. The average Bonchev–Trinajstić information content (AvgIpc) is 2.76. The Labute approximate surface area is 170 Å². The van der Waals surface area contributed by atoms with E-state index < -0.39 is 5.97 Å². The third-order valence-electron chi connectivity index (χ3n) is 4.60. The van der Waals surface area contributed by atoms with Crippen LogP contribution < -0.4 is 10.6 Å². The lowest BCUT2D eigenvalue weighted by Gasteiger charge is -2.20. The highest BCUT2D eigenvalue weighted by Crippen LogP contribution is 2.22. The van der Waals surface area contributed by atoms with Crippen molar-refractivity contribution in [2.24, 2.45) is 0 Å². The molecule has 1 atom stereocenters. The molecule has 29 heavy (non-hydrogen) atoms. The second-order valence-corrected chi connectivity index (χ2v) is 6.75. The molecule has 0 aromatic heterocycles. The SMILES string of the molecule is COC(=O)c1ccc(NC(=O)CN[C@H](c2ccccc2)c2ccc(C)cc2)cc1. The smallest absolute Gasteiger partial charge is 0.337 e. The Kier molecular flexibility index (Phi) is 6.76. The van der Waals surface area contributed by atoms with Crippen LogP contribution in [0.15, 0.2) is 78.9 Å². The van der Waals surface area contributed by atoms with Crippen molar-refractivity contribution in [1.82, 2.24) is 5.32 Å². The van der Waals surface area contributed by atoms with Gasteiger partial charge in [0, 0.05) is 5.69 Å². The van der Waals surface area contributed by atoms with Crippen molar-refractivity contribution in [2.75, 3.05) is 19.0 Å². The highest BCUT2D eigenvalue weighted by molar-refractivity contribution is 5.94. The molecule has 0 saturated heterocycles. The van der Waals surface area contributed by atoms with E-state index in [1.165, 1.54) is 12.7 Å². The number of esters is 1. The van der Waals surface area contributed by atoms with Gasteiger partial charge in [0.2, 0.25) is 5.91 Å². The van der Waals surface area contributed by atoms with Crippen molar-refractivity contribution in [2.45, 2.75) is 13.0 Å². The summed E-state index contributed by atoms with van der Waals surface area (Å²) in [5.41, 5.74) is 4.43. The van der Waals surface area contributed by atoms with Gasteiger partial charge in [0.15, 0.2) is 0 Å². The van der Waals surface area contributed by atoms with Gasteiger partial charge in [0.25, 0.3) is 0 Å². The second-order valence-electron chi connectivity index (χ2n) is 6.75. The zero-order chi connectivity index (χ0) is 20.6. The van der Waals surface area contributed by atoms with Crippen molar-refractivity contribution < 1.29 is 14.3 Å². The summed E-state index contributed by atoms with van der Waals surface area (Å²) in [6, 6.07) is 24.8. The van der Waals surface area contributed by atoms with E-state index in [-0.39, 0.29) is 18.5 Å². The zero-order valence-corrected chi connectivity index (χ0v) is 16.5. The maximum atomic E-state index is 12.4. The van der Waals surface area contributed by atoms with Gasteiger partial charge >= 0.3 is 5.97 Å². The number of methoxy groups -OCH3 is 1. The molecule has 0 unspecified atom stereocenters. The van der Waals surface area contributed by atoms with Gasteiger partial charge in [-0.3, -0.25) is 10.1 Å². The van der Waals surface area contributed by atoms with Gasteiger partial charge in [-0.15, -0.1) is 0 Å². The average molecular weight is 388 g/mol. The predicted molar refractivity (Wildman–Crippen MR) is 114 cm³/mol. The van der Waals surface area contributed by atoms with Gasteiger partial charge in [0.1, 0.15) is 0 Å². The first-order valence-electron chi connectivity index (χ1n) is 9.40. The van der Waals surface area contributed by atoms with Crippen molar-refractivity contribution in [3.05, 3.63) is 101 Å². The van der Waals surface area contributed by atoms with E-state index in [9.17, 15) is 9.59 Å². The summed E-state index contributed by atoms with van der Waals surface area (Å²) in [6.07, 6.45) is 0. The first kappa shape index (κ1) is 20.3. The summed E-state index contributed by atoms with van der Waals surface area (Å²) in [6.45, 7) is 2.19. The Balaban J connectivity index is 1.66. The number of hydrogen-bond donors (Lipinski definition) is 2. The number of amides is 1. The highest BCUT2D eigenvalue weighted by Gasteiger charge is 2.15. The van der Waals surface area contributed by atoms with Crippen LogP contribution >= 0.6 is 0 Å². The van der Waals surface area contributed by atoms with Gasteiger partial charge in [-0.1, -0.05) is 60.2 Å². The van der Waals surface area contributed by atoms with E-state index in [0.29, 0.717) is 11.3 Å². The third kappa shape index (κ3) is 5.53. The number of hydrogen-bond acceptors (Lipinski definition) is 4. The molecule has 0 fully saturated rings. The van der Waals surface area contributed by atoms with Gasteiger partial charge in [-0.05, 0) is 42.3 Å². The molecule has 0 bridgehead atoms. The van der Waals surface area contributed by atoms with E-state index in [2.05, 4.69) is 39.6 Å². The molecule has 0 radical (unpaired) electrons. The molecular formula is C24H24N2O3. The number of carbonyl (C=O) groups is 2. The Bertz CT molecular complexity index is 952. The normalized spacial score (nSPS) is 11.5. The minimum absolute atomic E-state index is 0.0933. The van der Waals surface area contributed by atoms with Crippen molar-refractivity contribution >= 4 is 17.6 Å². The first-order valence-corrected chi connectivity index (χ1v) is 9.40. The van der Waals surface area contributed by atoms with Gasteiger partial charge in [-0.2, -0.15) is 0 Å². The first-order chi connectivity index (χ1) is 14.1. The molecule has 3 rings (SSSR count). The Morgan fingerprint density at radius 2 is 1.48 bits per heavy atom. The van der Waals surface area contributed by atoms with Gasteiger partial charge < -0.3 is 10.1 Å². The molecule has 0 spiro atoms. The minimum Gasteiger partial charge on any atom is -0.465 e. The number of ether oxygens (including phenoxy) is 1. The molecule has 1 amide bonds. The van der Waals surface area contributed by atoms with Gasteiger partial charge in [0.05, 0.1) is 25.3 Å². The maximum Gasteiger partial charge on any atom is 0.337 e. The lowest BCUT2D eigenvalue weighted by atomic mass is 9.98. The van der Waals surface area contributed by atoms with Crippen LogP contribution in [-0.4, -0.2) is 25.5 Å². The third-order valence-corrected chi connectivity index (χ3v) is 4.60. The molecule has 0 saturated carbocycles. The number of benzene rings is 3. The number of anilines is 1. The largest absolute Gasteiger partial charge is 0.465 e. The van der Waals surface area contributed by atoms with E-state index in [0.717, 1.165) is 11.1 Å². The van der Waals surface area contributed by atoms with Crippen molar-refractivity contribution in [3.63, 3.8) is 0 Å². The standard InChI is InChI=1S/C24H24N2O3/c1-17-8-10-19(11-9-17)23(18-6-4-3-5-7-18)25-16-22(27)26-21-14-12-20(13-15-21)24(28)29-2/h3-15,23,25H,16H2,1-2H3,(H,26,27)/t23-/m1/s1. The molecule has 0 heterocycles.